The molecule has 1 saturated heterocycles. The summed E-state index contributed by atoms with van der Waals surface area (Å²) in [5.41, 5.74) is 0. The van der Waals surface area contributed by atoms with Crippen molar-refractivity contribution in [1.82, 2.24) is 20.0 Å². The fraction of sp³-hybridized carbons (Fsp3) is 0.750. The van der Waals surface area contributed by atoms with Gasteiger partial charge in [-0.3, -0.25) is 9.80 Å². The molecule has 1 aromatic rings. The van der Waals surface area contributed by atoms with Crippen LogP contribution in [-0.2, 0) is 0 Å². The van der Waals surface area contributed by atoms with Gasteiger partial charge in [0.05, 0.1) is 12.3 Å². The predicted molar refractivity (Wildman–Crippen MR) is 86.6 cm³/mol. The second-order valence-electron chi connectivity index (χ2n) is 6.18. The maximum absolute atomic E-state index is 5.41. The zero-order valence-electron chi connectivity index (χ0n) is 13.7. The Morgan fingerprint density at radius 1 is 1.19 bits per heavy atom. The molecule has 120 valence electrons. The molecule has 1 atom stereocenters. The number of piperazine rings is 1. The molecule has 1 aromatic heterocycles. The molecule has 5 heteroatoms. The monoisotopic (exact) mass is 294 g/mol. The Balaban J connectivity index is 1.56. The fourth-order valence-electron chi connectivity index (χ4n) is 2.66. The SMILES string of the molecule is CC(NCCN1CCN(CCN(C)C)CC1)c1ccco1. The molecule has 0 aromatic carbocycles. The quantitative estimate of drug-likeness (QED) is 0.777. The van der Waals surface area contributed by atoms with Crippen molar-refractivity contribution in [3.63, 3.8) is 0 Å². The predicted octanol–water partition coefficient (Wildman–Crippen LogP) is 1.11. The molecule has 1 N–H and O–H groups in total. The number of nitrogens with one attached hydrogen (secondary N) is 1. The van der Waals surface area contributed by atoms with Crippen molar-refractivity contribution in [2.45, 2.75) is 13.0 Å². The van der Waals surface area contributed by atoms with Crippen molar-refractivity contribution in [2.75, 3.05) is 66.5 Å². The van der Waals surface area contributed by atoms with Crippen LogP contribution >= 0.6 is 0 Å². The molecule has 0 radical (unpaired) electrons. The van der Waals surface area contributed by atoms with E-state index in [2.05, 4.69) is 41.0 Å². The molecule has 21 heavy (non-hydrogen) atoms. The van der Waals surface area contributed by atoms with E-state index in [0.717, 1.165) is 25.4 Å². The van der Waals surface area contributed by atoms with Crippen molar-refractivity contribution in [3.05, 3.63) is 24.2 Å². The summed E-state index contributed by atoms with van der Waals surface area (Å²) in [6.07, 6.45) is 1.74. The average molecular weight is 294 g/mol. The van der Waals surface area contributed by atoms with Gasteiger partial charge in [-0.1, -0.05) is 0 Å². The Labute approximate surface area is 128 Å². The Morgan fingerprint density at radius 2 is 1.86 bits per heavy atom. The summed E-state index contributed by atoms with van der Waals surface area (Å²) in [6.45, 7) is 11.4. The number of rotatable bonds is 8. The van der Waals surface area contributed by atoms with Crippen LogP contribution in [0.15, 0.2) is 22.8 Å². The molecule has 2 heterocycles. The van der Waals surface area contributed by atoms with Gasteiger partial charge in [0.1, 0.15) is 5.76 Å². The normalized spacial score (nSPS) is 19.2. The molecule has 5 nitrogen and oxygen atoms in total. The van der Waals surface area contributed by atoms with Gasteiger partial charge in [-0.15, -0.1) is 0 Å². The molecule has 1 fully saturated rings. The maximum atomic E-state index is 5.41. The zero-order valence-corrected chi connectivity index (χ0v) is 13.7. The highest BCUT2D eigenvalue weighted by Crippen LogP contribution is 2.11. The zero-order chi connectivity index (χ0) is 15.1. The first kappa shape index (κ1) is 16.5. The summed E-state index contributed by atoms with van der Waals surface area (Å²) in [7, 11) is 4.28. The molecule has 0 amide bonds. The molecule has 0 spiro atoms. The van der Waals surface area contributed by atoms with E-state index in [1.807, 2.05) is 12.1 Å². The summed E-state index contributed by atoms with van der Waals surface area (Å²) in [5, 5.41) is 3.53. The molecule has 2 rings (SSSR count). The molecule has 0 saturated carbocycles. The topological polar surface area (TPSA) is 34.9 Å². The minimum absolute atomic E-state index is 0.293. The standard InChI is InChI=1S/C16H30N4O/c1-15(16-5-4-14-21-16)17-6-7-19-10-12-20(13-11-19)9-8-18(2)3/h4-5,14-15,17H,6-13H2,1-3H3. The van der Waals surface area contributed by atoms with Crippen LogP contribution in [0.25, 0.3) is 0 Å². The van der Waals surface area contributed by atoms with Gasteiger partial charge >= 0.3 is 0 Å². The van der Waals surface area contributed by atoms with E-state index in [0.29, 0.717) is 6.04 Å². The number of nitrogens with zero attached hydrogens (tertiary/aromatic N) is 3. The van der Waals surface area contributed by atoms with Crippen molar-refractivity contribution < 1.29 is 4.42 Å². The van der Waals surface area contributed by atoms with E-state index < -0.39 is 0 Å². The minimum atomic E-state index is 0.293. The Kier molecular flexibility index (Phi) is 6.70. The lowest BCUT2D eigenvalue weighted by atomic mass is 10.2. The highest BCUT2D eigenvalue weighted by molar-refractivity contribution is 5.02. The van der Waals surface area contributed by atoms with Gasteiger partial charge in [0, 0.05) is 52.4 Å². The Bertz CT molecular complexity index is 372. The van der Waals surface area contributed by atoms with Crippen molar-refractivity contribution in [1.29, 1.82) is 0 Å². The summed E-state index contributed by atoms with van der Waals surface area (Å²) in [4.78, 5) is 7.37. The van der Waals surface area contributed by atoms with Crippen LogP contribution in [0.2, 0.25) is 0 Å². The van der Waals surface area contributed by atoms with E-state index in [4.69, 9.17) is 4.42 Å². The van der Waals surface area contributed by atoms with Gasteiger partial charge in [0.2, 0.25) is 0 Å². The number of hydrogen-bond acceptors (Lipinski definition) is 5. The van der Waals surface area contributed by atoms with Gasteiger partial charge in [-0.2, -0.15) is 0 Å². The number of hydrogen-bond donors (Lipinski definition) is 1. The largest absolute Gasteiger partial charge is 0.468 e. The number of furan rings is 1. The highest BCUT2D eigenvalue weighted by atomic mass is 16.3. The summed E-state index contributed by atoms with van der Waals surface area (Å²) >= 11 is 0. The van der Waals surface area contributed by atoms with E-state index in [1.165, 1.54) is 32.7 Å². The summed E-state index contributed by atoms with van der Waals surface area (Å²) < 4.78 is 5.41. The Morgan fingerprint density at radius 3 is 2.43 bits per heavy atom. The van der Waals surface area contributed by atoms with Gasteiger partial charge in [-0.25, -0.2) is 0 Å². The highest BCUT2D eigenvalue weighted by Gasteiger charge is 2.16. The Hall–Kier alpha value is -0.880. The second kappa shape index (κ2) is 8.54. The lowest BCUT2D eigenvalue weighted by Gasteiger charge is -2.35. The van der Waals surface area contributed by atoms with Gasteiger partial charge in [-0.05, 0) is 33.2 Å². The molecular weight excluding hydrogens is 264 g/mol. The first-order chi connectivity index (χ1) is 10.1. The summed E-state index contributed by atoms with van der Waals surface area (Å²) in [6, 6.07) is 4.27. The average Bonchev–Trinajstić information content (AvgIpc) is 3.00. The van der Waals surface area contributed by atoms with Crippen LogP contribution in [0.4, 0.5) is 0 Å². The second-order valence-corrected chi connectivity index (χ2v) is 6.18. The molecule has 0 aliphatic carbocycles. The fourth-order valence-corrected chi connectivity index (χ4v) is 2.66. The van der Waals surface area contributed by atoms with Gasteiger partial charge in [0.25, 0.3) is 0 Å². The van der Waals surface area contributed by atoms with Gasteiger partial charge in [0.15, 0.2) is 0 Å². The van der Waals surface area contributed by atoms with Crippen LogP contribution in [0.5, 0.6) is 0 Å². The lowest BCUT2D eigenvalue weighted by Crippen LogP contribution is -2.49. The third-order valence-electron chi connectivity index (χ3n) is 4.18. The van der Waals surface area contributed by atoms with Crippen molar-refractivity contribution in [3.8, 4) is 0 Å². The van der Waals surface area contributed by atoms with Crippen LogP contribution in [0.3, 0.4) is 0 Å². The number of likely N-dealkylation sites (N-methyl/N-ethyl adjacent to an activating group) is 1. The molecule has 1 unspecified atom stereocenters. The first-order valence-corrected chi connectivity index (χ1v) is 8.01. The maximum Gasteiger partial charge on any atom is 0.120 e. The molecule has 1 aliphatic heterocycles. The van der Waals surface area contributed by atoms with E-state index in [-0.39, 0.29) is 0 Å². The van der Waals surface area contributed by atoms with Crippen molar-refractivity contribution >= 4 is 0 Å². The molecule has 0 bridgehead atoms. The molecular formula is C16H30N4O. The van der Waals surface area contributed by atoms with Gasteiger partial charge < -0.3 is 14.6 Å². The first-order valence-electron chi connectivity index (χ1n) is 8.01. The van der Waals surface area contributed by atoms with Crippen molar-refractivity contribution in [2.24, 2.45) is 0 Å². The van der Waals surface area contributed by atoms with Crippen LogP contribution in [-0.4, -0.2) is 81.2 Å². The third-order valence-corrected chi connectivity index (χ3v) is 4.18. The van der Waals surface area contributed by atoms with Crippen LogP contribution in [0, 0.1) is 0 Å². The third kappa shape index (κ3) is 5.79. The smallest absolute Gasteiger partial charge is 0.120 e. The van der Waals surface area contributed by atoms with E-state index in [1.54, 1.807) is 6.26 Å². The van der Waals surface area contributed by atoms with Crippen LogP contribution in [0.1, 0.15) is 18.7 Å². The van der Waals surface area contributed by atoms with Crippen LogP contribution < -0.4 is 5.32 Å². The molecule has 1 aliphatic rings. The van der Waals surface area contributed by atoms with E-state index in [9.17, 15) is 0 Å². The minimum Gasteiger partial charge on any atom is -0.468 e. The van der Waals surface area contributed by atoms with E-state index >= 15 is 0 Å². The lowest BCUT2D eigenvalue weighted by molar-refractivity contribution is 0.125. The summed E-state index contributed by atoms with van der Waals surface area (Å²) in [5.74, 6) is 1.02.